The van der Waals surface area contributed by atoms with Crippen molar-refractivity contribution in [2.45, 2.75) is 0 Å². The van der Waals surface area contributed by atoms with Crippen molar-refractivity contribution >= 4 is 16.6 Å². The van der Waals surface area contributed by atoms with E-state index < -0.39 is 0 Å². The Bertz CT molecular complexity index is 799. The van der Waals surface area contributed by atoms with Gasteiger partial charge in [-0.25, -0.2) is 0 Å². The van der Waals surface area contributed by atoms with Gasteiger partial charge in [-0.05, 0) is 24.3 Å². The molecular weight excluding hydrogens is 280 g/mol. The smallest absolute Gasteiger partial charge is 0.203 e. The molecule has 5 nitrogen and oxygen atoms in total. The lowest BCUT2D eigenvalue weighted by Gasteiger charge is -2.15. The van der Waals surface area contributed by atoms with E-state index in [2.05, 4.69) is 4.57 Å². The predicted molar refractivity (Wildman–Crippen MR) is 87.3 cm³/mol. The summed E-state index contributed by atoms with van der Waals surface area (Å²) in [4.78, 5) is 0. The summed E-state index contributed by atoms with van der Waals surface area (Å²) in [6.07, 6.45) is 1.99. The standard InChI is InChI=1S/C17H18N2O3/c1-20-15-9-13(10-16(21-2)17(15)22-3)19-7-6-11-8-12(18)4-5-14(11)19/h4-10H,18H2,1-3H3. The molecular formula is C17H18N2O3. The minimum absolute atomic E-state index is 0.578. The van der Waals surface area contributed by atoms with Gasteiger partial charge in [0.15, 0.2) is 11.5 Å². The zero-order valence-corrected chi connectivity index (χ0v) is 12.8. The molecule has 0 fully saturated rings. The van der Waals surface area contributed by atoms with E-state index in [1.54, 1.807) is 21.3 Å². The lowest BCUT2D eigenvalue weighted by Crippen LogP contribution is -1.99. The molecule has 0 amide bonds. The molecule has 114 valence electrons. The molecule has 0 aliphatic heterocycles. The highest BCUT2D eigenvalue weighted by atomic mass is 16.5. The Morgan fingerprint density at radius 1 is 0.864 bits per heavy atom. The number of fused-ring (bicyclic) bond motifs is 1. The maximum Gasteiger partial charge on any atom is 0.203 e. The van der Waals surface area contributed by atoms with E-state index in [4.69, 9.17) is 19.9 Å². The maximum atomic E-state index is 5.84. The van der Waals surface area contributed by atoms with Crippen molar-refractivity contribution in [2.75, 3.05) is 27.1 Å². The summed E-state index contributed by atoms with van der Waals surface area (Å²) in [5.41, 5.74) is 8.56. The van der Waals surface area contributed by atoms with Crippen LogP contribution < -0.4 is 19.9 Å². The van der Waals surface area contributed by atoms with Gasteiger partial charge in [0.1, 0.15) is 0 Å². The summed E-state index contributed by atoms with van der Waals surface area (Å²) < 4.78 is 18.2. The van der Waals surface area contributed by atoms with Crippen LogP contribution in [0.1, 0.15) is 0 Å². The van der Waals surface area contributed by atoms with Crippen molar-refractivity contribution in [3.63, 3.8) is 0 Å². The van der Waals surface area contributed by atoms with E-state index >= 15 is 0 Å². The Morgan fingerprint density at radius 2 is 1.55 bits per heavy atom. The molecule has 3 rings (SSSR count). The topological polar surface area (TPSA) is 58.6 Å². The van der Waals surface area contributed by atoms with Gasteiger partial charge in [-0.2, -0.15) is 0 Å². The number of benzene rings is 2. The van der Waals surface area contributed by atoms with Gasteiger partial charge in [-0.15, -0.1) is 0 Å². The zero-order chi connectivity index (χ0) is 15.7. The molecule has 5 heteroatoms. The van der Waals surface area contributed by atoms with Crippen molar-refractivity contribution < 1.29 is 14.2 Å². The number of nitrogen functional groups attached to an aromatic ring is 1. The Morgan fingerprint density at radius 3 is 2.14 bits per heavy atom. The van der Waals surface area contributed by atoms with E-state index in [0.29, 0.717) is 17.2 Å². The van der Waals surface area contributed by atoms with Gasteiger partial charge in [0, 0.05) is 29.4 Å². The van der Waals surface area contributed by atoms with Crippen LogP contribution in [-0.2, 0) is 0 Å². The Labute approximate surface area is 128 Å². The largest absolute Gasteiger partial charge is 0.493 e. The van der Waals surface area contributed by atoms with Crippen molar-refractivity contribution in [2.24, 2.45) is 0 Å². The highest BCUT2D eigenvalue weighted by Gasteiger charge is 2.15. The number of nitrogens with two attached hydrogens (primary N) is 1. The second-order valence-electron chi connectivity index (χ2n) is 4.89. The van der Waals surface area contributed by atoms with Gasteiger partial charge in [0.05, 0.1) is 32.5 Å². The minimum atomic E-state index is 0.578. The van der Waals surface area contributed by atoms with Crippen LogP contribution >= 0.6 is 0 Å². The third kappa shape index (κ3) is 2.20. The monoisotopic (exact) mass is 298 g/mol. The highest BCUT2D eigenvalue weighted by molar-refractivity contribution is 5.85. The van der Waals surface area contributed by atoms with E-state index in [9.17, 15) is 0 Å². The van der Waals surface area contributed by atoms with Crippen LogP contribution in [0.5, 0.6) is 17.2 Å². The molecule has 0 saturated heterocycles. The molecule has 1 heterocycles. The van der Waals surface area contributed by atoms with E-state index in [1.807, 2.05) is 42.6 Å². The van der Waals surface area contributed by atoms with Crippen LogP contribution in [0, 0.1) is 0 Å². The number of ether oxygens (including phenoxy) is 3. The molecule has 1 aromatic heterocycles. The van der Waals surface area contributed by atoms with E-state index in [0.717, 1.165) is 22.3 Å². The summed E-state index contributed by atoms with van der Waals surface area (Å²) in [5, 5.41) is 1.08. The van der Waals surface area contributed by atoms with Gasteiger partial charge in [-0.1, -0.05) is 0 Å². The summed E-state index contributed by atoms with van der Waals surface area (Å²) >= 11 is 0. The van der Waals surface area contributed by atoms with Crippen LogP contribution in [0.4, 0.5) is 5.69 Å². The zero-order valence-electron chi connectivity index (χ0n) is 12.8. The number of nitrogens with zero attached hydrogens (tertiary/aromatic N) is 1. The van der Waals surface area contributed by atoms with Crippen LogP contribution in [0.2, 0.25) is 0 Å². The molecule has 22 heavy (non-hydrogen) atoms. The van der Waals surface area contributed by atoms with Crippen molar-refractivity contribution in [3.05, 3.63) is 42.6 Å². The summed E-state index contributed by atoms with van der Waals surface area (Å²) in [6.45, 7) is 0. The molecule has 0 aliphatic rings. The lowest BCUT2D eigenvalue weighted by molar-refractivity contribution is 0.324. The first-order chi connectivity index (χ1) is 10.7. The fourth-order valence-corrected chi connectivity index (χ4v) is 2.59. The SMILES string of the molecule is COc1cc(-n2ccc3cc(N)ccc32)cc(OC)c1OC. The minimum Gasteiger partial charge on any atom is -0.493 e. The molecule has 0 saturated carbocycles. The third-order valence-corrected chi connectivity index (χ3v) is 3.64. The number of hydrogen-bond donors (Lipinski definition) is 1. The van der Waals surface area contributed by atoms with Gasteiger partial charge >= 0.3 is 0 Å². The quantitative estimate of drug-likeness (QED) is 0.751. The number of rotatable bonds is 4. The number of anilines is 1. The number of methoxy groups -OCH3 is 3. The molecule has 0 unspecified atom stereocenters. The summed E-state index contributed by atoms with van der Waals surface area (Å²) in [6, 6.07) is 11.7. The highest BCUT2D eigenvalue weighted by Crippen LogP contribution is 2.40. The number of aromatic nitrogens is 1. The van der Waals surface area contributed by atoms with Gasteiger partial charge < -0.3 is 24.5 Å². The molecule has 0 spiro atoms. The first kappa shape index (κ1) is 14.1. The molecule has 0 bridgehead atoms. The summed E-state index contributed by atoms with van der Waals surface area (Å²) in [7, 11) is 4.80. The van der Waals surface area contributed by atoms with Crippen LogP contribution in [0.25, 0.3) is 16.6 Å². The summed E-state index contributed by atoms with van der Waals surface area (Å²) in [5.74, 6) is 1.82. The fraction of sp³-hybridized carbons (Fsp3) is 0.176. The molecule has 0 aliphatic carbocycles. The maximum absolute atomic E-state index is 5.84. The van der Waals surface area contributed by atoms with Crippen molar-refractivity contribution in [3.8, 4) is 22.9 Å². The second-order valence-corrected chi connectivity index (χ2v) is 4.89. The molecule has 0 atom stereocenters. The van der Waals surface area contributed by atoms with Crippen LogP contribution in [0.15, 0.2) is 42.6 Å². The fourth-order valence-electron chi connectivity index (χ4n) is 2.59. The normalized spacial score (nSPS) is 10.7. The van der Waals surface area contributed by atoms with Crippen LogP contribution in [-0.4, -0.2) is 25.9 Å². The van der Waals surface area contributed by atoms with Gasteiger partial charge in [-0.3, -0.25) is 0 Å². The first-order valence-corrected chi connectivity index (χ1v) is 6.85. The van der Waals surface area contributed by atoms with E-state index in [-0.39, 0.29) is 0 Å². The van der Waals surface area contributed by atoms with Gasteiger partial charge in [0.2, 0.25) is 5.75 Å². The lowest BCUT2D eigenvalue weighted by atomic mass is 10.2. The van der Waals surface area contributed by atoms with Gasteiger partial charge in [0.25, 0.3) is 0 Å². The van der Waals surface area contributed by atoms with Crippen LogP contribution in [0.3, 0.4) is 0 Å². The van der Waals surface area contributed by atoms with Crippen molar-refractivity contribution in [1.82, 2.24) is 4.57 Å². The Kier molecular flexibility index (Phi) is 3.55. The average molecular weight is 298 g/mol. The Hall–Kier alpha value is -2.82. The number of hydrogen-bond acceptors (Lipinski definition) is 4. The average Bonchev–Trinajstić information content (AvgIpc) is 2.96. The molecule has 0 radical (unpaired) electrons. The second kappa shape index (κ2) is 5.52. The predicted octanol–water partition coefficient (Wildman–Crippen LogP) is 3.24. The van der Waals surface area contributed by atoms with Crippen molar-refractivity contribution in [1.29, 1.82) is 0 Å². The third-order valence-electron chi connectivity index (χ3n) is 3.64. The molecule has 2 aromatic carbocycles. The molecule has 3 aromatic rings. The first-order valence-electron chi connectivity index (χ1n) is 6.85. The molecule has 2 N–H and O–H groups in total. The van der Waals surface area contributed by atoms with E-state index in [1.165, 1.54) is 0 Å². The Balaban J connectivity index is 2.22.